The van der Waals surface area contributed by atoms with Crippen LogP contribution in [0.25, 0.3) is 0 Å². The first-order chi connectivity index (χ1) is 8.76. The lowest BCUT2D eigenvalue weighted by atomic mass is 10.3. The molecule has 0 saturated carbocycles. The third-order valence-corrected chi connectivity index (χ3v) is 2.80. The van der Waals surface area contributed by atoms with Crippen molar-refractivity contribution in [1.82, 2.24) is 9.88 Å². The summed E-state index contributed by atoms with van der Waals surface area (Å²) in [4.78, 5) is 6.59. The predicted octanol–water partition coefficient (Wildman–Crippen LogP) is 2.22. The summed E-state index contributed by atoms with van der Waals surface area (Å²) < 4.78 is 10.2. The molecule has 1 aromatic heterocycles. The van der Waals surface area contributed by atoms with Gasteiger partial charge in [-0.2, -0.15) is 0 Å². The van der Waals surface area contributed by atoms with Crippen molar-refractivity contribution >= 4 is 11.6 Å². The van der Waals surface area contributed by atoms with Crippen LogP contribution in [0.2, 0.25) is 5.15 Å². The lowest BCUT2D eigenvalue weighted by Gasteiger charge is -2.21. The van der Waals surface area contributed by atoms with Crippen LogP contribution in [0.1, 0.15) is 12.1 Å². The van der Waals surface area contributed by atoms with Crippen LogP contribution >= 0.6 is 11.6 Å². The van der Waals surface area contributed by atoms with Gasteiger partial charge in [0.05, 0.1) is 12.3 Å². The molecule has 0 aliphatic carbocycles. The second-order valence-electron chi connectivity index (χ2n) is 4.07. The van der Waals surface area contributed by atoms with E-state index in [0.717, 1.165) is 38.4 Å². The molecule has 0 amide bonds. The van der Waals surface area contributed by atoms with Crippen molar-refractivity contribution in [3.05, 3.63) is 29.0 Å². The number of aromatic nitrogens is 1. The zero-order valence-electron chi connectivity index (χ0n) is 11.1. The van der Waals surface area contributed by atoms with Crippen molar-refractivity contribution in [3.63, 3.8) is 0 Å². The third-order valence-electron chi connectivity index (χ3n) is 2.59. The van der Waals surface area contributed by atoms with Gasteiger partial charge in [-0.15, -0.1) is 0 Å². The molecule has 0 fully saturated rings. The molecule has 0 aromatic carbocycles. The van der Waals surface area contributed by atoms with E-state index >= 15 is 0 Å². The summed E-state index contributed by atoms with van der Waals surface area (Å²) in [5.74, 6) is 0. The molecule has 18 heavy (non-hydrogen) atoms. The molecule has 102 valence electrons. The number of rotatable bonds is 9. The van der Waals surface area contributed by atoms with E-state index in [1.54, 1.807) is 20.3 Å². The highest BCUT2D eigenvalue weighted by Crippen LogP contribution is 2.08. The van der Waals surface area contributed by atoms with Crippen LogP contribution in [-0.2, 0) is 16.0 Å². The summed E-state index contributed by atoms with van der Waals surface area (Å²) in [6.07, 6.45) is 1.00. The molecule has 0 atom stereocenters. The summed E-state index contributed by atoms with van der Waals surface area (Å²) in [5, 5.41) is 0.538. The fraction of sp³-hybridized carbons (Fsp3) is 0.615. The molecule has 1 rings (SSSR count). The molecule has 0 spiro atoms. The van der Waals surface area contributed by atoms with Gasteiger partial charge in [-0.25, -0.2) is 4.98 Å². The molecule has 0 unspecified atom stereocenters. The Labute approximate surface area is 114 Å². The number of pyridine rings is 1. The molecule has 0 saturated heterocycles. The standard InChI is InChI=1S/C13H21ClN2O2/c1-17-9-4-7-16(8-10-18-2)11-12-5-3-6-13(14)15-12/h3,5-6H,4,7-11H2,1-2H3. The maximum absolute atomic E-state index is 5.89. The van der Waals surface area contributed by atoms with Gasteiger partial charge in [0.15, 0.2) is 0 Å². The molecule has 0 aliphatic heterocycles. The van der Waals surface area contributed by atoms with E-state index in [2.05, 4.69) is 9.88 Å². The first-order valence-corrected chi connectivity index (χ1v) is 6.45. The van der Waals surface area contributed by atoms with Gasteiger partial charge in [-0.3, -0.25) is 4.90 Å². The Hall–Kier alpha value is -0.680. The van der Waals surface area contributed by atoms with Gasteiger partial charge in [-0.05, 0) is 18.6 Å². The molecule has 4 nitrogen and oxygen atoms in total. The monoisotopic (exact) mass is 272 g/mol. The summed E-state index contributed by atoms with van der Waals surface area (Å²) in [7, 11) is 3.43. The van der Waals surface area contributed by atoms with Crippen LogP contribution in [0, 0.1) is 0 Å². The van der Waals surface area contributed by atoms with Crippen molar-refractivity contribution in [1.29, 1.82) is 0 Å². The average molecular weight is 273 g/mol. The molecular weight excluding hydrogens is 252 g/mol. The van der Waals surface area contributed by atoms with E-state index in [1.165, 1.54) is 0 Å². The summed E-state index contributed by atoms with van der Waals surface area (Å²) in [6, 6.07) is 5.70. The Morgan fingerprint density at radius 3 is 2.61 bits per heavy atom. The van der Waals surface area contributed by atoms with Crippen LogP contribution in [0.15, 0.2) is 18.2 Å². The summed E-state index contributed by atoms with van der Waals surface area (Å²) in [6.45, 7) is 4.12. The SMILES string of the molecule is COCCCN(CCOC)Cc1cccc(Cl)n1. The number of nitrogens with zero attached hydrogens (tertiary/aromatic N) is 2. The van der Waals surface area contributed by atoms with Crippen molar-refractivity contribution in [3.8, 4) is 0 Å². The fourth-order valence-electron chi connectivity index (χ4n) is 1.69. The Morgan fingerprint density at radius 2 is 1.94 bits per heavy atom. The van der Waals surface area contributed by atoms with E-state index < -0.39 is 0 Å². The van der Waals surface area contributed by atoms with Gasteiger partial charge < -0.3 is 9.47 Å². The summed E-state index contributed by atoms with van der Waals surface area (Å²) in [5.41, 5.74) is 0.982. The van der Waals surface area contributed by atoms with Crippen molar-refractivity contribution < 1.29 is 9.47 Å². The third kappa shape index (κ3) is 6.31. The zero-order valence-corrected chi connectivity index (χ0v) is 11.8. The molecule has 1 aromatic rings. The Balaban J connectivity index is 2.48. The molecule has 0 bridgehead atoms. The van der Waals surface area contributed by atoms with E-state index in [9.17, 15) is 0 Å². The van der Waals surface area contributed by atoms with E-state index in [-0.39, 0.29) is 0 Å². The van der Waals surface area contributed by atoms with Crippen molar-refractivity contribution in [2.24, 2.45) is 0 Å². The second-order valence-corrected chi connectivity index (χ2v) is 4.45. The predicted molar refractivity (Wildman–Crippen MR) is 72.9 cm³/mol. The largest absolute Gasteiger partial charge is 0.385 e. The number of hydrogen-bond donors (Lipinski definition) is 0. The lowest BCUT2D eigenvalue weighted by molar-refractivity contribution is 0.128. The highest BCUT2D eigenvalue weighted by atomic mass is 35.5. The van der Waals surface area contributed by atoms with Gasteiger partial charge >= 0.3 is 0 Å². The van der Waals surface area contributed by atoms with Gasteiger partial charge in [0.25, 0.3) is 0 Å². The van der Waals surface area contributed by atoms with Gasteiger partial charge in [0, 0.05) is 40.5 Å². The molecule has 5 heteroatoms. The molecule has 0 aliphatic rings. The fourth-order valence-corrected chi connectivity index (χ4v) is 1.87. The van der Waals surface area contributed by atoms with Crippen LogP contribution in [0.5, 0.6) is 0 Å². The first-order valence-electron chi connectivity index (χ1n) is 6.08. The second kappa shape index (κ2) is 9.28. The highest BCUT2D eigenvalue weighted by molar-refractivity contribution is 6.29. The number of hydrogen-bond acceptors (Lipinski definition) is 4. The smallest absolute Gasteiger partial charge is 0.129 e. The van der Waals surface area contributed by atoms with Crippen LogP contribution in [0.4, 0.5) is 0 Å². The van der Waals surface area contributed by atoms with Gasteiger partial charge in [0.1, 0.15) is 5.15 Å². The minimum absolute atomic E-state index is 0.538. The lowest BCUT2D eigenvalue weighted by Crippen LogP contribution is -2.29. The topological polar surface area (TPSA) is 34.6 Å². The maximum atomic E-state index is 5.89. The quantitative estimate of drug-likeness (QED) is 0.510. The van der Waals surface area contributed by atoms with E-state index in [4.69, 9.17) is 21.1 Å². The van der Waals surface area contributed by atoms with Crippen LogP contribution in [-0.4, -0.2) is 50.4 Å². The molecule has 0 radical (unpaired) electrons. The van der Waals surface area contributed by atoms with E-state index in [0.29, 0.717) is 11.8 Å². The number of methoxy groups -OCH3 is 2. The number of ether oxygens (including phenoxy) is 2. The Bertz CT molecular complexity index is 337. The Morgan fingerprint density at radius 1 is 1.17 bits per heavy atom. The molecule has 1 heterocycles. The average Bonchev–Trinajstić information content (AvgIpc) is 2.36. The van der Waals surface area contributed by atoms with Crippen molar-refractivity contribution in [2.45, 2.75) is 13.0 Å². The van der Waals surface area contributed by atoms with Gasteiger partial charge in [0.2, 0.25) is 0 Å². The zero-order chi connectivity index (χ0) is 13.2. The minimum Gasteiger partial charge on any atom is -0.385 e. The normalized spacial score (nSPS) is 11.1. The highest BCUT2D eigenvalue weighted by Gasteiger charge is 2.07. The summed E-state index contributed by atoms with van der Waals surface area (Å²) >= 11 is 5.89. The van der Waals surface area contributed by atoms with Crippen LogP contribution < -0.4 is 0 Å². The molecule has 0 N–H and O–H groups in total. The minimum atomic E-state index is 0.538. The van der Waals surface area contributed by atoms with Gasteiger partial charge in [-0.1, -0.05) is 17.7 Å². The molecular formula is C13H21ClN2O2. The van der Waals surface area contributed by atoms with E-state index in [1.807, 2.05) is 12.1 Å². The Kier molecular flexibility index (Phi) is 7.93. The first kappa shape index (κ1) is 15.4. The maximum Gasteiger partial charge on any atom is 0.129 e. The van der Waals surface area contributed by atoms with Crippen molar-refractivity contribution in [2.75, 3.05) is 40.5 Å². The number of halogens is 1. The van der Waals surface area contributed by atoms with Crippen LogP contribution in [0.3, 0.4) is 0 Å².